The fraction of sp³-hybridized carbons (Fsp3) is 0.435. The van der Waals surface area contributed by atoms with Crippen molar-refractivity contribution in [2.45, 2.75) is 57.4 Å². The summed E-state index contributed by atoms with van der Waals surface area (Å²) < 4.78 is 0. The average Bonchev–Trinajstić information content (AvgIpc) is 2.64. The molecule has 1 N–H and O–H groups in total. The summed E-state index contributed by atoms with van der Waals surface area (Å²) >= 11 is 0. The summed E-state index contributed by atoms with van der Waals surface area (Å²) in [5.74, 6) is 1.51. The number of hydrogen-bond donors (Lipinski definition) is 1. The van der Waals surface area contributed by atoms with Gasteiger partial charge in [0.2, 0.25) is 0 Å². The van der Waals surface area contributed by atoms with Gasteiger partial charge < -0.3 is 5.32 Å². The standard InChI is InChI=1S/C23H30N2/c1-19(20-13-7-5-8-14-20)23(2,21-15-9-6-10-16-21)25-22-17-11-3-4-12-18-24-22/h5-10,13-16,19H,3-4,11-12,17-18H2,1-2H3,(H,24,25). The van der Waals surface area contributed by atoms with Crippen molar-refractivity contribution in [2.24, 2.45) is 4.99 Å². The largest absolute Gasteiger partial charge is 0.364 e. The maximum atomic E-state index is 4.88. The Kier molecular flexibility index (Phi) is 5.91. The third-order valence-corrected chi connectivity index (χ3v) is 5.57. The zero-order chi connectivity index (χ0) is 17.5. The first-order chi connectivity index (χ1) is 12.2. The molecular weight excluding hydrogens is 304 g/mol. The molecule has 0 aromatic heterocycles. The van der Waals surface area contributed by atoms with Crippen molar-refractivity contribution < 1.29 is 0 Å². The van der Waals surface area contributed by atoms with E-state index in [9.17, 15) is 0 Å². The van der Waals surface area contributed by atoms with Crippen molar-refractivity contribution in [1.82, 2.24) is 5.32 Å². The van der Waals surface area contributed by atoms with Crippen molar-refractivity contribution in [3.63, 3.8) is 0 Å². The minimum absolute atomic E-state index is 0.180. The lowest BCUT2D eigenvalue weighted by Crippen LogP contribution is -2.47. The average molecular weight is 335 g/mol. The van der Waals surface area contributed by atoms with Gasteiger partial charge in [0.15, 0.2) is 0 Å². The summed E-state index contributed by atoms with van der Waals surface area (Å²) in [4.78, 5) is 4.88. The molecule has 0 aliphatic carbocycles. The number of nitrogens with zero attached hydrogens (tertiary/aromatic N) is 1. The number of hydrogen-bond acceptors (Lipinski definition) is 2. The minimum Gasteiger partial charge on any atom is -0.364 e. The van der Waals surface area contributed by atoms with Gasteiger partial charge in [-0.3, -0.25) is 4.99 Å². The van der Waals surface area contributed by atoms with E-state index < -0.39 is 0 Å². The summed E-state index contributed by atoms with van der Waals surface area (Å²) in [6.45, 7) is 5.59. The second kappa shape index (κ2) is 8.33. The summed E-state index contributed by atoms with van der Waals surface area (Å²) in [6.07, 6.45) is 6.13. The first-order valence-corrected chi connectivity index (χ1v) is 9.62. The van der Waals surface area contributed by atoms with Crippen LogP contribution in [0.3, 0.4) is 0 Å². The quantitative estimate of drug-likeness (QED) is 0.767. The molecule has 0 fully saturated rings. The van der Waals surface area contributed by atoms with E-state index in [-0.39, 0.29) is 5.54 Å². The molecule has 1 aliphatic rings. The molecule has 3 rings (SSSR count). The summed E-state index contributed by atoms with van der Waals surface area (Å²) in [5.41, 5.74) is 2.49. The van der Waals surface area contributed by atoms with Crippen molar-refractivity contribution >= 4 is 5.84 Å². The van der Waals surface area contributed by atoms with Crippen molar-refractivity contribution in [2.75, 3.05) is 6.54 Å². The molecule has 2 nitrogen and oxygen atoms in total. The fourth-order valence-corrected chi connectivity index (χ4v) is 3.74. The lowest BCUT2D eigenvalue weighted by atomic mass is 9.76. The van der Waals surface area contributed by atoms with E-state index in [0.29, 0.717) is 5.92 Å². The van der Waals surface area contributed by atoms with Crippen LogP contribution in [0.1, 0.15) is 63.0 Å². The molecular formula is C23H30N2. The van der Waals surface area contributed by atoms with E-state index in [1.807, 2.05) is 0 Å². The van der Waals surface area contributed by atoms with Crippen LogP contribution in [-0.4, -0.2) is 12.4 Å². The summed E-state index contributed by atoms with van der Waals surface area (Å²) in [5, 5.41) is 3.86. The van der Waals surface area contributed by atoms with Gasteiger partial charge in [0, 0.05) is 18.9 Å². The minimum atomic E-state index is -0.180. The van der Waals surface area contributed by atoms with Crippen molar-refractivity contribution in [1.29, 1.82) is 0 Å². The highest BCUT2D eigenvalue weighted by Gasteiger charge is 2.34. The van der Waals surface area contributed by atoms with Gasteiger partial charge in [-0.2, -0.15) is 0 Å². The Morgan fingerprint density at radius 1 is 0.880 bits per heavy atom. The highest BCUT2D eigenvalue weighted by atomic mass is 15.1. The van der Waals surface area contributed by atoms with Crippen LogP contribution < -0.4 is 5.32 Å². The molecule has 0 spiro atoms. The molecule has 1 aliphatic heterocycles. The Bertz CT molecular complexity index is 678. The maximum absolute atomic E-state index is 4.88. The molecule has 0 amide bonds. The van der Waals surface area contributed by atoms with Gasteiger partial charge in [-0.15, -0.1) is 0 Å². The highest BCUT2D eigenvalue weighted by Crippen LogP contribution is 2.36. The Morgan fingerprint density at radius 2 is 1.52 bits per heavy atom. The third-order valence-electron chi connectivity index (χ3n) is 5.57. The van der Waals surface area contributed by atoms with Crippen LogP contribution in [0.25, 0.3) is 0 Å². The molecule has 0 radical (unpaired) electrons. The van der Waals surface area contributed by atoms with Gasteiger partial charge in [-0.05, 0) is 30.9 Å². The van der Waals surface area contributed by atoms with Gasteiger partial charge in [-0.25, -0.2) is 0 Å². The molecule has 2 aromatic carbocycles. The van der Waals surface area contributed by atoms with Gasteiger partial charge >= 0.3 is 0 Å². The second-order valence-electron chi connectivity index (χ2n) is 7.32. The highest BCUT2D eigenvalue weighted by molar-refractivity contribution is 5.83. The van der Waals surface area contributed by atoms with E-state index in [1.165, 1.54) is 42.6 Å². The molecule has 1 heterocycles. The summed E-state index contributed by atoms with van der Waals surface area (Å²) in [7, 11) is 0. The molecule has 0 saturated heterocycles. The number of benzene rings is 2. The SMILES string of the molecule is CC(c1ccccc1)C(C)(NC1=NCCCCCC1)c1ccccc1. The van der Waals surface area contributed by atoms with Gasteiger partial charge in [-0.1, -0.05) is 80.4 Å². The van der Waals surface area contributed by atoms with Gasteiger partial charge in [0.25, 0.3) is 0 Å². The smallest absolute Gasteiger partial charge is 0.0970 e. The van der Waals surface area contributed by atoms with Crippen LogP contribution in [0.15, 0.2) is 65.7 Å². The molecule has 2 unspecified atom stereocenters. The molecule has 2 atom stereocenters. The Labute approximate surface area is 152 Å². The first-order valence-electron chi connectivity index (χ1n) is 9.62. The van der Waals surface area contributed by atoms with Crippen LogP contribution in [0.4, 0.5) is 0 Å². The number of rotatable bonds is 4. The lowest BCUT2D eigenvalue weighted by molar-refractivity contribution is 0.360. The first kappa shape index (κ1) is 17.7. The third kappa shape index (κ3) is 4.31. The molecule has 0 saturated carbocycles. The predicted octanol–water partition coefficient (Wildman–Crippen LogP) is 5.66. The van der Waals surface area contributed by atoms with Crippen LogP contribution in [0.2, 0.25) is 0 Å². The van der Waals surface area contributed by atoms with Crippen molar-refractivity contribution in [3.8, 4) is 0 Å². The van der Waals surface area contributed by atoms with Crippen LogP contribution in [-0.2, 0) is 5.54 Å². The summed E-state index contributed by atoms with van der Waals surface area (Å²) in [6, 6.07) is 21.6. The van der Waals surface area contributed by atoms with Gasteiger partial charge in [0.1, 0.15) is 0 Å². The Balaban J connectivity index is 1.94. The molecule has 25 heavy (non-hydrogen) atoms. The number of nitrogens with one attached hydrogen (secondary N) is 1. The van der Waals surface area contributed by atoms with E-state index in [1.54, 1.807) is 0 Å². The van der Waals surface area contributed by atoms with E-state index in [0.717, 1.165) is 13.0 Å². The van der Waals surface area contributed by atoms with Crippen LogP contribution >= 0.6 is 0 Å². The topological polar surface area (TPSA) is 24.4 Å². The normalized spacial score (nSPS) is 19.0. The second-order valence-corrected chi connectivity index (χ2v) is 7.32. The maximum Gasteiger partial charge on any atom is 0.0970 e. The van der Waals surface area contributed by atoms with E-state index in [2.05, 4.69) is 79.8 Å². The molecule has 0 bridgehead atoms. The Hall–Kier alpha value is -2.09. The lowest BCUT2D eigenvalue weighted by Gasteiger charge is -2.39. The molecule has 2 heteroatoms. The van der Waals surface area contributed by atoms with Crippen molar-refractivity contribution in [3.05, 3.63) is 71.8 Å². The zero-order valence-electron chi connectivity index (χ0n) is 15.5. The number of aliphatic imine (C=N–C) groups is 1. The van der Waals surface area contributed by atoms with E-state index >= 15 is 0 Å². The number of amidine groups is 1. The zero-order valence-corrected chi connectivity index (χ0v) is 15.5. The monoisotopic (exact) mass is 334 g/mol. The van der Waals surface area contributed by atoms with Crippen LogP contribution in [0, 0.1) is 0 Å². The Morgan fingerprint density at radius 3 is 2.24 bits per heavy atom. The molecule has 132 valence electrons. The predicted molar refractivity (Wildman–Crippen MR) is 107 cm³/mol. The van der Waals surface area contributed by atoms with E-state index in [4.69, 9.17) is 4.99 Å². The molecule has 2 aromatic rings. The van der Waals surface area contributed by atoms with Gasteiger partial charge in [0.05, 0.1) is 11.4 Å². The fourth-order valence-electron chi connectivity index (χ4n) is 3.74. The van der Waals surface area contributed by atoms with Crippen LogP contribution in [0.5, 0.6) is 0 Å².